The van der Waals surface area contributed by atoms with Gasteiger partial charge < -0.3 is 10.4 Å². The number of aromatic carboxylic acids is 1. The monoisotopic (exact) mass is 357 g/mol. The molecule has 4 N–H and O–H groups in total. The van der Waals surface area contributed by atoms with Gasteiger partial charge in [-0.05, 0) is 41.8 Å². The molecule has 0 spiro atoms. The molecule has 2 unspecified atom stereocenters. The van der Waals surface area contributed by atoms with Crippen molar-refractivity contribution in [2.75, 3.05) is 13.1 Å². The first-order valence-corrected chi connectivity index (χ1v) is 8.38. The Morgan fingerprint density at radius 1 is 1.19 bits per heavy atom. The largest absolute Gasteiger partial charge is 0.478 e. The third kappa shape index (κ3) is 4.25. The highest BCUT2D eigenvalue weighted by atomic mass is 19.1. The molecule has 1 fully saturated rings. The summed E-state index contributed by atoms with van der Waals surface area (Å²) in [5.41, 5.74) is 7.88. The van der Waals surface area contributed by atoms with E-state index in [0.717, 1.165) is 11.1 Å². The van der Waals surface area contributed by atoms with Crippen LogP contribution in [0.3, 0.4) is 0 Å². The Balaban J connectivity index is 1.55. The summed E-state index contributed by atoms with van der Waals surface area (Å²) in [7, 11) is 0. The molecule has 2 atom stereocenters. The average molecular weight is 357 g/mol. The van der Waals surface area contributed by atoms with Crippen LogP contribution in [0.4, 0.5) is 4.39 Å². The second-order valence-electron chi connectivity index (χ2n) is 6.21. The van der Waals surface area contributed by atoms with Gasteiger partial charge in [0.2, 0.25) is 5.91 Å². The van der Waals surface area contributed by atoms with Gasteiger partial charge in [0, 0.05) is 13.1 Å². The topological polar surface area (TPSA) is 90.5 Å². The van der Waals surface area contributed by atoms with Gasteiger partial charge in [-0.2, -0.15) is 0 Å². The molecule has 136 valence electrons. The minimum atomic E-state index is -0.963. The Morgan fingerprint density at radius 3 is 2.65 bits per heavy atom. The van der Waals surface area contributed by atoms with Crippen LogP contribution in [0.1, 0.15) is 27.5 Å². The van der Waals surface area contributed by atoms with Crippen LogP contribution in [-0.2, 0) is 11.2 Å². The maximum absolute atomic E-state index is 13.4. The Labute approximate surface area is 150 Å². The van der Waals surface area contributed by atoms with Crippen molar-refractivity contribution in [2.24, 2.45) is 5.92 Å². The predicted octanol–water partition coefficient (Wildman–Crippen LogP) is 1.65. The van der Waals surface area contributed by atoms with Crippen LogP contribution >= 0.6 is 0 Å². The van der Waals surface area contributed by atoms with Crippen molar-refractivity contribution >= 4 is 11.9 Å². The molecule has 0 bridgehead atoms. The summed E-state index contributed by atoms with van der Waals surface area (Å²) < 4.78 is 13.4. The van der Waals surface area contributed by atoms with Crippen molar-refractivity contribution in [3.63, 3.8) is 0 Å². The third-order valence-corrected chi connectivity index (χ3v) is 4.44. The van der Waals surface area contributed by atoms with Crippen LogP contribution in [0.15, 0.2) is 48.5 Å². The van der Waals surface area contributed by atoms with E-state index in [-0.39, 0.29) is 29.2 Å². The molecule has 26 heavy (non-hydrogen) atoms. The SMILES string of the molecule is O=C(O)c1ccc(CCNC(=O)C2CNNC2c2cccc(F)c2)cc1. The van der Waals surface area contributed by atoms with Crippen LogP contribution in [0.5, 0.6) is 0 Å². The molecule has 0 aliphatic carbocycles. The number of nitrogens with one attached hydrogen (secondary N) is 3. The maximum atomic E-state index is 13.4. The summed E-state index contributed by atoms with van der Waals surface area (Å²) in [6, 6.07) is 12.5. The molecular weight excluding hydrogens is 337 g/mol. The lowest BCUT2D eigenvalue weighted by Gasteiger charge is -2.18. The first-order chi connectivity index (χ1) is 12.5. The first-order valence-electron chi connectivity index (χ1n) is 8.38. The Kier molecular flexibility index (Phi) is 5.60. The molecule has 0 aromatic heterocycles. The minimum absolute atomic E-state index is 0.112. The summed E-state index contributed by atoms with van der Waals surface area (Å²) >= 11 is 0. The number of carboxylic acid groups (broad SMARTS) is 1. The number of carbonyl (C=O) groups is 2. The second kappa shape index (κ2) is 8.07. The number of hydrazine groups is 1. The summed E-state index contributed by atoms with van der Waals surface area (Å²) in [6.07, 6.45) is 0.601. The number of carboxylic acids is 1. The third-order valence-electron chi connectivity index (χ3n) is 4.44. The van der Waals surface area contributed by atoms with Gasteiger partial charge in [0.25, 0.3) is 0 Å². The van der Waals surface area contributed by atoms with Crippen LogP contribution in [0, 0.1) is 11.7 Å². The van der Waals surface area contributed by atoms with E-state index in [9.17, 15) is 14.0 Å². The smallest absolute Gasteiger partial charge is 0.335 e. The lowest BCUT2D eigenvalue weighted by molar-refractivity contribution is -0.124. The molecule has 1 amide bonds. The molecule has 2 aromatic carbocycles. The molecular formula is C19H20FN3O3. The number of hydrogen-bond donors (Lipinski definition) is 4. The van der Waals surface area contributed by atoms with E-state index in [1.807, 2.05) is 0 Å². The van der Waals surface area contributed by atoms with E-state index in [0.29, 0.717) is 19.5 Å². The standard InChI is InChI=1S/C19H20FN3O3/c20-15-3-1-2-14(10-15)17-16(11-22-23-17)18(24)21-9-8-12-4-6-13(7-5-12)19(25)26/h1-7,10,16-17,22-23H,8-9,11H2,(H,21,24)(H,25,26). The number of hydrogen-bond acceptors (Lipinski definition) is 4. The van der Waals surface area contributed by atoms with Gasteiger partial charge in [-0.15, -0.1) is 0 Å². The quantitative estimate of drug-likeness (QED) is 0.631. The van der Waals surface area contributed by atoms with Crippen molar-refractivity contribution in [3.8, 4) is 0 Å². The van der Waals surface area contributed by atoms with Gasteiger partial charge >= 0.3 is 5.97 Å². The molecule has 3 rings (SSSR count). The van der Waals surface area contributed by atoms with E-state index in [1.165, 1.54) is 12.1 Å². The van der Waals surface area contributed by atoms with E-state index in [1.54, 1.807) is 36.4 Å². The van der Waals surface area contributed by atoms with E-state index in [4.69, 9.17) is 5.11 Å². The van der Waals surface area contributed by atoms with Gasteiger partial charge in [-0.3, -0.25) is 10.2 Å². The zero-order chi connectivity index (χ0) is 18.5. The molecule has 7 heteroatoms. The van der Waals surface area contributed by atoms with Gasteiger partial charge in [-0.25, -0.2) is 14.6 Å². The molecule has 1 aliphatic rings. The van der Waals surface area contributed by atoms with Crippen molar-refractivity contribution < 1.29 is 19.1 Å². The van der Waals surface area contributed by atoms with Gasteiger partial charge in [-0.1, -0.05) is 24.3 Å². The predicted molar refractivity (Wildman–Crippen MR) is 93.9 cm³/mol. The second-order valence-corrected chi connectivity index (χ2v) is 6.21. The Morgan fingerprint density at radius 2 is 1.96 bits per heavy atom. The number of rotatable bonds is 6. The molecule has 0 saturated carbocycles. The summed E-state index contributed by atoms with van der Waals surface area (Å²) in [4.78, 5) is 23.3. The number of benzene rings is 2. The van der Waals surface area contributed by atoms with Crippen molar-refractivity contribution in [1.82, 2.24) is 16.2 Å². The summed E-state index contributed by atoms with van der Waals surface area (Å²) in [6.45, 7) is 0.901. The van der Waals surface area contributed by atoms with E-state index >= 15 is 0 Å². The van der Waals surface area contributed by atoms with E-state index < -0.39 is 5.97 Å². The molecule has 1 aliphatic heterocycles. The fraction of sp³-hybridized carbons (Fsp3) is 0.263. The first kappa shape index (κ1) is 18.0. The Bertz CT molecular complexity index is 795. The molecule has 2 aromatic rings. The lowest BCUT2D eigenvalue weighted by atomic mass is 9.94. The molecule has 6 nitrogen and oxygen atoms in total. The van der Waals surface area contributed by atoms with Crippen LogP contribution in [-0.4, -0.2) is 30.1 Å². The molecule has 1 heterocycles. The fourth-order valence-electron chi connectivity index (χ4n) is 3.03. The van der Waals surface area contributed by atoms with Crippen molar-refractivity contribution in [2.45, 2.75) is 12.5 Å². The van der Waals surface area contributed by atoms with Crippen molar-refractivity contribution in [1.29, 1.82) is 0 Å². The van der Waals surface area contributed by atoms with E-state index in [2.05, 4.69) is 16.2 Å². The average Bonchev–Trinajstić information content (AvgIpc) is 3.12. The summed E-state index contributed by atoms with van der Waals surface area (Å²) in [5, 5.41) is 11.8. The minimum Gasteiger partial charge on any atom is -0.478 e. The summed E-state index contributed by atoms with van der Waals surface area (Å²) in [5.74, 6) is -1.75. The molecule has 0 radical (unpaired) electrons. The number of carbonyl (C=O) groups excluding carboxylic acids is 1. The maximum Gasteiger partial charge on any atom is 0.335 e. The van der Waals surface area contributed by atoms with Crippen LogP contribution < -0.4 is 16.2 Å². The van der Waals surface area contributed by atoms with Crippen LogP contribution in [0.2, 0.25) is 0 Å². The number of amides is 1. The highest BCUT2D eigenvalue weighted by Gasteiger charge is 2.33. The van der Waals surface area contributed by atoms with Crippen LogP contribution in [0.25, 0.3) is 0 Å². The van der Waals surface area contributed by atoms with Crippen molar-refractivity contribution in [3.05, 3.63) is 71.0 Å². The zero-order valence-electron chi connectivity index (χ0n) is 14.0. The van der Waals surface area contributed by atoms with Gasteiger partial charge in [0.1, 0.15) is 5.82 Å². The fourth-order valence-corrected chi connectivity index (χ4v) is 3.03. The highest BCUT2D eigenvalue weighted by molar-refractivity contribution is 5.87. The van der Waals surface area contributed by atoms with Gasteiger partial charge in [0.05, 0.1) is 17.5 Å². The number of halogens is 1. The van der Waals surface area contributed by atoms with Gasteiger partial charge in [0.15, 0.2) is 0 Å². The normalized spacial score (nSPS) is 19.3. The molecule has 1 saturated heterocycles. The Hall–Kier alpha value is -2.77. The zero-order valence-corrected chi connectivity index (χ0v) is 14.0. The lowest BCUT2D eigenvalue weighted by Crippen LogP contribution is -2.36. The highest BCUT2D eigenvalue weighted by Crippen LogP contribution is 2.25.